The zero-order valence-electron chi connectivity index (χ0n) is 17.8. The van der Waals surface area contributed by atoms with Crippen LogP contribution < -0.4 is 5.32 Å². The number of nitrogens with zero attached hydrogens (tertiary/aromatic N) is 5. The highest BCUT2D eigenvalue weighted by molar-refractivity contribution is 5.95. The van der Waals surface area contributed by atoms with Gasteiger partial charge in [0.25, 0.3) is 11.8 Å². The highest BCUT2D eigenvalue weighted by atomic mass is 19.2. The van der Waals surface area contributed by atoms with Crippen LogP contribution in [0.25, 0.3) is 0 Å². The predicted octanol–water partition coefficient (Wildman–Crippen LogP) is 1.52. The van der Waals surface area contributed by atoms with Crippen molar-refractivity contribution >= 4 is 17.7 Å². The van der Waals surface area contributed by atoms with Crippen LogP contribution in [0.3, 0.4) is 0 Å². The Balaban J connectivity index is 1.25. The SMILES string of the molecule is O=C(NCC(=O)N1CCN(C(=O)c2cc(F)c(F)c(F)c2)CC1)c1cn(C2CCCC2)nn1. The van der Waals surface area contributed by atoms with E-state index in [-0.39, 0.29) is 55.9 Å². The molecule has 2 aromatic rings. The Morgan fingerprint density at radius 3 is 2.21 bits per heavy atom. The molecule has 1 saturated carbocycles. The molecule has 2 heterocycles. The van der Waals surface area contributed by atoms with Crippen LogP contribution in [0.2, 0.25) is 0 Å². The van der Waals surface area contributed by atoms with Gasteiger partial charge in [-0.1, -0.05) is 18.1 Å². The van der Waals surface area contributed by atoms with Gasteiger partial charge in [0.1, 0.15) is 0 Å². The van der Waals surface area contributed by atoms with Crippen molar-refractivity contribution in [1.29, 1.82) is 0 Å². The van der Waals surface area contributed by atoms with E-state index < -0.39 is 29.3 Å². The van der Waals surface area contributed by atoms with Crippen LogP contribution in [0.4, 0.5) is 13.2 Å². The van der Waals surface area contributed by atoms with Crippen LogP contribution in [0, 0.1) is 17.5 Å². The second-order valence-electron chi connectivity index (χ2n) is 8.13. The Bertz CT molecular complexity index is 1040. The van der Waals surface area contributed by atoms with Crippen LogP contribution in [0.5, 0.6) is 0 Å². The Morgan fingerprint density at radius 2 is 1.58 bits per heavy atom. The van der Waals surface area contributed by atoms with Crippen molar-refractivity contribution in [2.24, 2.45) is 0 Å². The molecule has 0 atom stereocenters. The van der Waals surface area contributed by atoms with E-state index >= 15 is 0 Å². The molecule has 0 radical (unpaired) electrons. The molecule has 1 aliphatic carbocycles. The van der Waals surface area contributed by atoms with E-state index in [0.717, 1.165) is 25.7 Å². The van der Waals surface area contributed by atoms with Crippen molar-refractivity contribution in [3.8, 4) is 0 Å². The lowest BCUT2D eigenvalue weighted by molar-refractivity contribution is -0.131. The Morgan fingerprint density at radius 1 is 0.970 bits per heavy atom. The van der Waals surface area contributed by atoms with E-state index in [0.29, 0.717) is 12.1 Å². The minimum atomic E-state index is -1.63. The van der Waals surface area contributed by atoms with Crippen molar-refractivity contribution < 1.29 is 27.6 Å². The molecule has 1 N–H and O–H groups in total. The lowest BCUT2D eigenvalue weighted by Gasteiger charge is -2.34. The number of halogens is 3. The summed E-state index contributed by atoms with van der Waals surface area (Å²) in [7, 11) is 0. The standard InChI is InChI=1S/C21H23F3N6O3/c22-15-9-13(10-16(23)19(15)24)21(33)29-7-5-28(6-8-29)18(31)11-25-20(32)17-12-30(27-26-17)14-3-1-2-4-14/h9-10,12,14H,1-8,11H2,(H,25,32). The van der Waals surface area contributed by atoms with Crippen molar-refractivity contribution in [2.75, 3.05) is 32.7 Å². The molecule has 0 bridgehead atoms. The number of carbonyl (C=O) groups is 3. The molecule has 12 heteroatoms. The van der Waals surface area contributed by atoms with Gasteiger partial charge in [0.05, 0.1) is 18.8 Å². The Hall–Kier alpha value is -3.44. The van der Waals surface area contributed by atoms with E-state index in [1.54, 1.807) is 10.9 Å². The van der Waals surface area contributed by atoms with E-state index in [9.17, 15) is 27.6 Å². The number of piperazine rings is 1. The Labute approximate surface area is 187 Å². The second-order valence-corrected chi connectivity index (χ2v) is 8.13. The molecule has 9 nitrogen and oxygen atoms in total. The first-order valence-corrected chi connectivity index (χ1v) is 10.7. The predicted molar refractivity (Wildman–Crippen MR) is 109 cm³/mol. The first-order valence-electron chi connectivity index (χ1n) is 10.7. The van der Waals surface area contributed by atoms with Gasteiger partial charge in [0.15, 0.2) is 23.1 Å². The number of benzene rings is 1. The van der Waals surface area contributed by atoms with Crippen LogP contribution in [0.15, 0.2) is 18.3 Å². The molecular formula is C21H23F3N6O3. The summed E-state index contributed by atoms with van der Waals surface area (Å²) < 4.78 is 41.6. The molecule has 1 aromatic heterocycles. The number of hydrogen-bond acceptors (Lipinski definition) is 5. The van der Waals surface area contributed by atoms with E-state index in [4.69, 9.17) is 0 Å². The largest absolute Gasteiger partial charge is 0.342 e. The fourth-order valence-electron chi connectivity index (χ4n) is 4.11. The normalized spacial score (nSPS) is 16.8. The molecule has 0 spiro atoms. The minimum absolute atomic E-state index is 0.134. The molecule has 0 unspecified atom stereocenters. The maximum Gasteiger partial charge on any atom is 0.273 e. The molecule has 33 heavy (non-hydrogen) atoms. The van der Waals surface area contributed by atoms with Crippen molar-refractivity contribution in [3.05, 3.63) is 47.0 Å². The summed E-state index contributed by atoms with van der Waals surface area (Å²) >= 11 is 0. The number of aromatic nitrogens is 3. The quantitative estimate of drug-likeness (QED) is 0.677. The smallest absolute Gasteiger partial charge is 0.273 e. The molecular weight excluding hydrogens is 441 g/mol. The number of rotatable bonds is 5. The molecule has 3 amide bonds. The van der Waals surface area contributed by atoms with Crippen molar-refractivity contribution in [1.82, 2.24) is 30.1 Å². The van der Waals surface area contributed by atoms with E-state index in [2.05, 4.69) is 15.6 Å². The fraction of sp³-hybridized carbons (Fsp3) is 0.476. The number of hydrogen-bond donors (Lipinski definition) is 1. The fourth-order valence-corrected chi connectivity index (χ4v) is 4.11. The summed E-state index contributed by atoms with van der Waals surface area (Å²) in [5.41, 5.74) is -0.159. The van der Waals surface area contributed by atoms with Crippen LogP contribution in [-0.2, 0) is 4.79 Å². The van der Waals surface area contributed by atoms with Crippen LogP contribution >= 0.6 is 0 Å². The summed E-state index contributed by atoms with van der Waals surface area (Å²) in [6.45, 7) is 0.399. The number of carbonyl (C=O) groups excluding carboxylic acids is 3. The van der Waals surface area contributed by atoms with Gasteiger partial charge < -0.3 is 15.1 Å². The molecule has 2 aliphatic rings. The first kappa shape index (κ1) is 22.7. The summed E-state index contributed by atoms with van der Waals surface area (Å²) in [4.78, 5) is 40.0. The zero-order valence-corrected chi connectivity index (χ0v) is 17.8. The third kappa shape index (κ3) is 4.99. The second kappa shape index (κ2) is 9.59. The number of nitrogens with one attached hydrogen (secondary N) is 1. The van der Waals surface area contributed by atoms with Gasteiger partial charge in [-0.05, 0) is 25.0 Å². The van der Waals surface area contributed by atoms with Gasteiger partial charge in [-0.25, -0.2) is 17.9 Å². The number of amides is 3. The lowest BCUT2D eigenvalue weighted by atomic mass is 10.1. The van der Waals surface area contributed by atoms with Gasteiger partial charge in [0, 0.05) is 31.7 Å². The highest BCUT2D eigenvalue weighted by Crippen LogP contribution is 2.28. The summed E-state index contributed by atoms with van der Waals surface area (Å²) in [5.74, 6) is -6.00. The third-order valence-corrected chi connectivity index (χ3v) is 5.99. The lowest BCUT2D eigenvalue weighted by Crippen LogP contribution is -2.52. The van der Waals surface area contributed by atoms with Gasteiger partial charge in [-0.2, -0.15) is 0 Å². The molecule has 2 fully saturated rings. The minimum Gasteiger partial charge on any atom is -0.342 e. The molecule has 1 aliphatic heterocycles. The molecule has 176 valence electrons. The Kier molecular flexibility index (Phi) is 6.61. The monoisotopic (exact) mass is 464 g/mol. The topological polar surface area (TPSA) is 100 Å². The van der Waals surface area contributed by atoms with Gasteiger partial charge in [-0.3, -0.25) is 14.4 Å². The summed E-state index contributed by atoms with van der Waals surface area (Å²) in [6.07, 6.45) is 5.83. The van der Waals surface area contributed by atoms with Crippen LogP contribution in [-0.4, -0.2) is 75.2 Å². The molecule has 1 saturated heterocycles. The van der Waals surface area contributed by atoms with E-state index in [1.807, 2.05) is 0 Å². The van der Waals surface area contributed by atoms with Crippen molar-refractivity contribution in [3.63, 3.8) is 0 Å². The molecule has 4 rings (SSSR count). The maximum atomic E-state index is 13.4. The average Bonchev–Trinajstić information content (AvgIpc) is 3.52. The van der Waals surface area contributed by atoms with Gasteiger partial charge in [-0.15, -0.1) is 5.10 Å². The van der Waals surface area contributed by atoms with Crippen molar-refractivity contribution in [2.45, 2.75) is 31.7 Å². The highest BCUT2D eigenvalue weighted by Gasteiger charge is 2.27. The first-order chi connectivity index (χ1) is 15.8. The summed E-state index contributed by atoms with van der Waals surface area (Å²) in [5, 5.41) is 10.4. The van der Waals surface area contributed by atoms with E-state index in [1.165, 1.54) is 9.80 Å². The van der Waals surface area contributed by atoms with Crippen LogP contribution in [0.1, 0.15) is 52.6 Å². The van der Waals surface area contributed by atoms with Gasteiger partial charge in [0.2, 0.25) is 5.91 Å². The summed E-state index contributed by atoms with van der Waals surface area (Å²) in [6, 6.07) is 1.55. The maximum absolute atomic E-state index is 13.4. The zero-order chi connectivity index (χ0) is 23.5. The average molecular weight is 464 g/mol. The molecule has 1 aromatic carbocycles. The van der Waals surface area contributed by atoms with Gasteiger partial charge >= 0.3 is 0 Å². The third-order valence-electron chi connectivity index (χ3n) is 5.99.